The van der Waals surface area contributed by atoms with Crippen molar-refractivity contribution in [2.24, 2.45) is 0 Å². The molecule has 0 fully saturated rings. The van der Waals surface area contributed by atoms with Gasteiger partial charge in [0, 0.05) is 18.2 Å². The van der Waals surface area contributed by atoms with Gasteiger partial charge in [-0.25, -0.2) is 4.79 Å². The van der Waals surface area contributed by atoms with Crippen LogP contribution in [0.2, 0.25) is 0 Å². The van der Waals surface area contributed by atoms with Crippen LogP contribution in [0.1, 0.15) is 17.0 Å². The summed E-state index contributed by atoms with van der Waals surface area (Å²) in [6.07, 6.45) is 1.22. The number of aromatic nitrogens is 2. The summed E-state index contributed by atoms with van der Waals surface area (Å²) in [7, 11) is 0. The first-order valence-electron chi connectivity index (χ1n) is 9.60. The van der Waals surface area contributed by atoms with Gasteiger partial charge in [-0.2, -0.15) is 5.10 Å². The molecule has 1 aromatic heterocycles. The number of carbonyl (C=O) groups excluding carboxylic acids is 1. The standard InChI is InChI=1S/C22H23N3O4/c26-12-14-28-13-11-25-10-9-21(24-25)23-22(27)29-15-20-18-7-3-1-5-16(18)17-6-2-4-8-19(17)20/h1-10,20,26H,11-15H2,(H,23,24,27). The van der Waals surface area contributed by atoms with Crippen molar-refractivity contribution in [1.29, 1.82) is 0 Å². The Hall–Kier alpha value is -3.16. The van der Waals surface area contributed by atoms with Crippen LogP contribution in [0.4, 0.5) is 10.6 Å². The van der Waals surface area contributed by atoms with Gasteiger partial charge in [0.25, 0.3) is 0 Å². The minimum absolute atomic E-state index is 0.00625. The van der Waals surface area contributed by atoms with Gasteiger partial charge in [-0.15, -0.1) is 0 Å². The number of aliphatic hydroxyl groups excluding tert-OH is 1. The molecule has 2 N–H and O–H groups in total. The maximum absolute atomic E-state index is 12.3. The summed E-state index contributed by atoms with van der Waals surface area (Å²) < 4.78 is 12.4. The van der Waals surface area contributed by atoms with Gasteiger partial charge >= 0.3 is 6.09 Å². The first-order chi connectivity index (χ1) is 14.3. The Bertz CT molecular complexity index is 940. The fraction of sp³-hybridized carbons (Fsp3) is 0.273. The van der Waals surface area contributed by atoms with Crippen LogP contribution >= 0.6 is 0 Å². The Morgan fingerprint density at radius 1 is 1.03 bits per heavy atom. The summed E-state index contributed by atoms with van der Waals surface area (Å²) in [6.45, 7) is 1.52. The number of hydrogen-bond donors (Lipinski definition) is 2. The molecule has 1 heterocycles. The lowest BCUT2D eigenvalue weighted by atomic mass is 9.98. The third kappa shape index (κ3) is 4.31. The van der Waals surface area contributed by atoms with Crippen LogP contribution in [-0.2, 0) is 16.0 Å². The van der Waals surface area contributed by atoms with E-state index in [4.69, 9.17) is 14.6 Å². The van der Waals surface area contributed by atoms with Gasteiger partial charge in [0.2, 0.25) is 0 Å². The highest BCUT2D eigenvalue weighted by atomic mass is 16.5. The summed E-state index contributed by atoms with van der Waals surface area (Å²) in [5.74, 6) is 0.443. The number of ether oxygens (including phenoxy) is 2. The number of nitrogens with zero attached hydrogens (tertiary/aromatic N) is 2. The molecule has 0 unspecified atom stereocenters. The van der Waals surface area contributed by atoms with Crippen molar-refractivity contribution < 1.29 is 19.4 Å². The van der Waals surface area contributed by atoms with Crippen molar-refractivity contribution in [2.45, 2.75) is 12.5 Å². The largest absolute Gasteiger partial charge is 0.448 e. The molecule has 0 bridgehead atoms. The second-order valence-corrected chi connectivity index (χ2v) is 6.75. The van der Waals surface area contributed by atoms with E-state index in [2.05, 4.69) is 34.7 Å². The van der Waals surface area contributed by atoms with Crippen LogP contribution in [0.15, 0.2) is 60.8 Å². The van der Waals surface area contributed by atoms with Crippen LogP contribution < -0.4 is 5.32 Å². The minimum atomic E-state index is -0.534. The fourth-order valence-corrected chi connectivity index (χ4v) is 3.62. The maximum Gasteiger partial charge on any atom is 0.412 e. The number of carbonyl (C=O) groups is 1. The van der Waals surface area contributed by atoms with E-state index in [0.29, 0.717) is 25.6 Å². The molecule has 3 aromatic rings. The van der Waals surface area contributed by atoms with Crippen LogP contribution in [0, 0.1) is 0 Å². The highest BCUT2D eigenvalue weighted by Gasteiger charge is 2.29. The Kier molecular flexibility index (Phi) is 5.88. The zero-order valence-corrected chi connectivity index (χ0v) is 16.0. The van der Waals surface area contributed by atoms with Gasteiger partial charge in [-0.05, 0) is 22.3 Å². The van der Waals surface area contributed by atoms with E-state index >= 15 is 0 Å². The first kappa shape index (κ1) is 19.2. The molecule has 0 atom stereocenters. The van der Waals surface area contributed by atoms with Crippen molar-refractivity contribution in [3.63, 3.8) is 0 Å². The number of anilines is 1. The molecule has 0 saturated carbocycles. The minimum Gasteiger partial charge on any atom is -0.448 e. The zero-order chi connectivity index (χ0) is 20.1. The highest BCUT2D eigenvalue weighted by Crippen LogP contribution is 2.44. The molecule has 1 aliphatic carbocycles. The Morgan fingerprint density at radius 2 is 1.72 bits per heavy atom. The van der Waals surface area contributed by atoms with Gasteiger partial charge in [0.05, 0.1) is 26.4 Å². The fourth-order valence-electron chi connectivity index (χ4n) is 3.62. The monoisotopic (exact) mass is 393 g/mol. The van der Waals surface area contributed by atoms with Crippen LogP contribution in [0.25, 0.3) is 11.1 Å². The van der Waals surface area contributed by atoms with Gasteiger partial charge in [0.1, 0.15) is 6.61 Å². The summed E-state index contributed by atoms with van der Waals surface area (Å²) in [5.41, 5.74) is 4.74. The topological polar surface area (TPSA) is 85.6 Å². The second-order valence-electron chi connectivity index (χ2n) is 6.75. The molecule has 7 heteroatoms. The van der Waals surface area contributed by atoms with E-state index in [-0.39, 0.29) is 19.1 Å². The van der Waals surface area contributed by atoms with Crippen molar-refractivity contribution in [3.05, 3.63) is 71.9 Å². The van der Waals surface area contributed by atoms with Crippen LogP contribution in [0.5, 0.6) is 0 Å². The molecule has 7 nitrogen and oxygen atoms in total. The number of benzene rings is 2. The highest BCUT2D eigenvalue weighted by molar-refractivity contribution is 5.83. The third-order valence-electron chi connectivity index (χ3n) is 4.91. The molecule has 0 radical (unpaired) electrons. The van der Waals surface area contributed by atoms with Crippen molar-refractivity contribution in [1.82, 2.24) is 9.78 Å². The Balaban J connectivity index is 1.34. The number of rotatable bonds is 8. The molecule has 0 spiro atoms. The van der Waals surface area contributed by atoms with Crippen LogP contribution in [-0.4, -0.2) is 47.4 Å². The van der Waals surface area contributed by atoms with Crippen molar-refractivity contribution in [2.75, 3.05) is 31.7 Å². The smallest absolute Gasteiger partial charge is 0.412 e. The molecular weight excluding hydrogens is 370 g/mol. The number of fused-ring (bicyclic) bond motifs is 3. The summed E-state index contributed by atoms with van der Waals surface area (Å²) in [6, 6.07) is 18.1. The zero-order valence-electron chi connectivity index (χ0n) is 16.0. The summed E-state index contributed by atoms with van der Waals surface area (Å²) in [4.78, 5) is 12.3. The van der Waals surface area contributed by atoms with E-state index in [9.17, 15) is 4.79 Å². The molecule has 150 valence electrons. The Morgan fingerprint density at radius 3 is 2.41 bits per heavy atom. The van der Waals surface area contributed by atoms with E-state index < -0.39 is 6.09 Å². The van der Waals surface area contributed by atoms with Gasteiger partial charge in [-0.3, -0.25) is 10.00 Å². The lowest BCUT2D eigenvalue weighted by Gasteiger charge is -2.14. The van der Waals surface area contributed by atoms with Crippen molar-refractivity contribution in [3.8, 4) is 11.1 Å². The number of nitrogens with one attached hydrogen (secondary N) is 1. The average molecular weight is 393 g/mol. The third-order valence-corrected chi connectivity index (χ3v) is 4.91. The predicted molar refractivity (Wildman–Crippen MR) is 109 cm³/mol. The number of aliphatic hydroxyl groups is 1. The quantitative estimate of drug-likeness (QED) is 0.574. The number of amides is 1. The predicted octanol–water partition coefficient (Wildman–Crippen LogP) is 3.25. The molecule has 4 rings (SSSR count). The van der Waals surface area contributed by atoms with Gasteiger partial charge < -0.3 is 14.6 Å². The number of hydrogen-bond acceptors (Lipinski definition) is 5. The SMILES string of the molecule is O=C(Nc1ccn(CCOCCO)n1)OCC1c2ccccc2-c2ccccc21. The first-order valence-corrected chi connectivity index (χ1v) is 9.60. The van der Waals surface area contributed by atoms with E-state index in [1.54, 1.807) is 16.9 Å². The summed E-state index contributed by atoms with van der Waals surface area (Å²) >= 11 is 0. The second kappa shape index (κ2) is 8.89. The average Bonchev–Trinajstić information content (AvgIpc) is 3.32. The maximum atomic E-state index is 12.3. The lowest BCUT2D eigenvalue weighted by Crippen LogP contribution is -2.18. The van der Waals surface area contributed by atoms with Gasteiger partial charge in [-0.1, -0.05) is 48.5 Å². The molecule has 2 aromatic carbocycles. The molecule has 0 aliphatic heterocycles. The van der Waals surface area contributed by atoms with Gasteiger partial charge in [0.15, 0.2) is 5.82 Å². The van der Waals surface area contributed by atoms with Crippen molar-refractivity contribution >= 4 is 11.9 Å². The molecule has 1 amide bonds. The normalized spacial score (nSPS) is 12.4. The molecule has 29 heavy (non-hydrogen) atoms. The Labute approximate surface area is 168 Å². The molecule has 0 saturated heterocycles. The van der Waals surface area contributed by atoms with E-state index in [1.165, 1.54) is 22.3 Å². The van der Waals surface area contributed by atoms with E-state index in [0.717, 1.165) is 0 Å². The van der Waals surface area contributed by atoms with E-state index in [1.807, 2.05) is 24.3 Å². The lowest BCUT2D eigenvalue weighted by molar-refractivity contribution is 0.0854. The van der Waals surface area contributed by atoms with Crippen LogP contribution in [0.3, 0.4) is 0 Å². The molecular formula is C22H23N3O4. The summed E-state index contributed by atoms with van der Waals surface area (Å²) in [5, 5.41) is 15.6. The molecule has 1 aliphatic rings.